The van der Waals surface area contributed by atoms with Crippen LogP contribution in [-0.2, 0) is 6.61 Å². The fourth-order valence-corrected chi connectivity index (χ4v) is 3.84. The lowest BCUT2D eigenvalue weighted by molar-refractivity contribution is 0.102. The molecule has 4 aromatic rings. The van der Waals surface area contributed by atoms with Gasteiger partial charge in [0.05, 0.1) is 5.75 Å². The van der Waals surface area contributed by atoms with Crippen molar-refractivity contribution in [3.8, 4) is 16.9 Å². The molecule has 0 saturated heterocycles. The third-order valence-corrected chi connectivity index (χ3v) is 5.41. The number of carbonyl (C=O) groups is 1. The Morgan fingerprint density at radius 1 is 0.862 bits per heavy atom. The first-order chi connectivity index (χ1) is 14.2. The molecule has 0 radical (unpaired) electrons. The molecule has 0 bridgehead atoms. The second-order valence-electron chi connectivity index (χ2n) is 6.90. The van der Waals surface area contributed by atoms with Crippen molar-refractivity contribution >= 4 is 28.3 Å². The summed E-state index contributed by atoms with van der Waals surface area (Å²) in [5.41, 5.74) is 4.05. The van der Waals surface area contributed by atoms with E-state index in [0.29, 0.717) is 12.4 Å². The van der Waals surface area contributed by atoms with Crippen LogP contribution in [0.1, 0.15) is 15.9 Å². The zero-order valence-electron chi connectivity index (χ0n) is 16.3. The maximum Gasteiger partial charge on any atom is 0.172 e. The topological polar surface area (TPSA) is 26.3 Å². The summed E-state index contributed by atoms with van der Waals surface area (Å²) in [5, 5.41) is 2.13. The summed E-state index contributed by atoms with van der Waals surface area (Å²) in [6, 6.07) is 30.4. The Morgan fingerprint density at radius 3 is 2.31 bits per heavy atom. The van der Waals surface area contributed by atoms with Gasteiger partial charge in [0.25, 0.3) is 0 Å². The van der Waals surface area contributed by atoms with Crippen molar-refractivity contribution in [1.82, 2.24) is 0 Å². The minimum absolute atomic E-state index is 0.146. The Labute approximate surface area is 175 Å². The van der Waals surface area contributed by atoms with Gasteiger partial charge in [-0.05, 0) is 58.0 Å². The van der Waals surface area contributed by atoms with Gasteiger partial charge in [-0.25, -0.2) is 0 Å². The molecule has 2 nitrogen and oxygen atoms in total. The van der Waals surface area contributed by atoms with Crippen molar-refractivity contribution in [2.24, 2.45) is 0 Å². The molecule has 0 aliphatic rings. The normalized spacial score (nSPS) is 10.8. The molecule has 0 aromatic heterocycles. The molecule has 0 aliphatic carbocycles. The fourth-order valence-electron chi connectivity index (χ4n) is 3.41. The molecule has 0 N–H and O–H groups in total. The predicted molar refractivity (Wildman–Crippen MR) is 123 cm³/mol. The van der Waals surface area contributed by atoms with E-state index in [-0.39, 0.29) is 5.78 Å². The van der Waals surface area contributed by atoms with Crippen LogP contribution >= 0.6 is 11.8 Å². The summed E-state index contributed by atoms with van der Waals surface area (Å²) < 4.78 is 6.00. The van der Waals surface area contributed by atoms with Gasteiger partial charge in [-0.3, -0.25) is 4.79 Å². The predicted octanol–water partition coefficient (Wildman–Crippen LogP) is 6.63. The number of rotatable bonds is 7. The molecular weight excluding hydrogens is 376 g/mol. The van der Waals surface area contributed by atoms with Gasteiger partial charge in [0.1, 0.15) is 12.4 Å². The molecule has 0 aliphatic heterocycles. The number of ether oxygens (including phenoxy) is 1. The van der Waals surface area contributed by atoms with Crippen LogP contribution in [0.2, 0.25) is 0 Å². The highest BCUT2D eigenvalue weighted by Gasteiger charge is 2.12. The molecule has 4 aromatic carbocycles. The zero-order valence-corrected chi connectivity index (χ0v) is 17.1. The van der Waals surface area contributed by atoms with E-state index in [1.165, 1.54) is 0 Å². The standard InChI is InChI=1S/C26H22O2S/c1-29-18-26(27)22-14-21-15-23(28-17-19-8-4-2-5-9-19)12-13-24(21)25(16-22)20-10-6-3-7-11-20/h2-16H,17-18H2,1H3. The quantitative estimate of drug-likeness (QED) is 0.327. The van der Waals surface area contributed by atoms with Gasteiger partial charge < -0.3 is 4.74 Å². The Morgan fingerprint density at radius 2 is 1.59 bits per heavy atom. The Hall–Kier alpha value is -3.04. The van der Waals surface area contributed by atoms with Crippen LogP contribution < -0.4 is 4.74 Å². The van der Waals surface area contributed by atoms with Gasteiger partial charge in [-0.2, -0.15) is 11.8 Å². The minimum Gasteiger partial charge on any atom is -0.489 e. The second kappa shape index (κ2) is 8.97. The van der Waals surface area contributed by atoms with Crippen LogP contribution in [0, 0.1) is 0 Å². The lowest BCUT2D eigenvalue weighted by Crippen LogP contribution is -2.02. The first-order valence-electron chi connectivity index (χ1n) is 9.57. The molecule has 0 heterocycles. The first-order valence-corrected chi connectivity index (χ1v) is 11.0. The Balaban J connectivity index is 1.74. The van der Waals surface area contributed by atoms with E-state index >= 15 is 0 Å². The summed E-state index contributed by atoms with van der Waals surface area (Å²) in [5.74, 6) is 1.42. The number of Topliss-reactive ketones (excluding diaryl/α,β-unsaturated/α-hetero) is 1. The first kappa shape index (κ1) is 19.3. The van der Waals surface area contributed by atoms with Crippen molar-refractivity contribution in [3.05, 3.63) is 102 Å². The lowest BCUT2D eigenvalue weighted by Gasteiger charge is -2.13. The number of hydrogen-bond donors (Lipinski definition) is 0. The van der Waals surface area contributed by atoms with Gasteiger partial charge in [0, 0.05) is 5.56 Å². The number of carbonyl (C=O) groups excluding carboxylic acids is 1. The number of fused-ring (bicyclic) bond motifs is 1. The third kappa shape index (κ3) is 4.52. The number of benzene rings is 4. The third-order valence-electron chi connectivity index (χ3n) is 4.85. The van der Waals surface area contributed by atoms with Crippen LogP contribution in [0.15, 0.2) is 91.0 Å². The molecule has 4 rings (SSSR count). The molecule has 144 valence electrons. The molecule has 0 fully saturated rings. The molecular formula is C26H22O2S. The van der Waals surface area contributed by atoms with Crippen LogP contribution in [0.4, 0.5) is 0 Å². The van der Waals surface area contributed by atoms with Crippen molar-refractivity contribution < 1.29 is 9.53 Å². The van der Waals surface area contributed by atoms with Gasteiger partial charge in [-0.15, -0.1) is 0 Å². The zero-order chi connectivity index (χ0) is 20.1. The molecule has 29 heavy (non-hydrogen) atoms. The van der Waals surface area contributed by atoms with Gasteiger partial charge in [-0.1, -0.05) is 66.7 Å². The van der Waals surface area contributed by atoms with Crippen molar-refractivity contribution in [3.63, 3.8) is 0 Å². The summed E-state index contributed by atoms with van der Waals surface area (Å²) in [6.45, 7) is 0.517. The minimum atomic E-state index is 0.146. The average Bonchev–Trinajstić information content (AvgIpc) is 2.78. The second-order valence-corrected chi connectivity index (χ2v) is 7.77. The SMILES string of the molecule is CSCC(=O)c1cc(-c2ccccc2)c2ccc(OCc3ccccc3)cc2c1. The van der Waals surface area contributed by atoms with E-state index in [0.717, 1.165) is 38.8 Å². The van der Waals surface area contributed by atoms with E-state index in [1.807, 2.05) is 79.1 Å². The van der Waals surface area contributed by atoms with E-state index in [9.17, 15) is 4.79 Å². The van der Waals surface area contributed by atoms with Crippen LogP contribution in [-0.4, -0.2) is 17.8 Å². The number of thioether (sulfide) groups is 1. The maximum absolute atomic E-state index is 12.6. The van der Waals surface area contributed by atoms with Gasteiger partial charge in [0.15, 0.2) is 5.78 Å². The summed E-state index contributed by atoms with van der Waals surface area (Å²) in [6.07, 6.45) is 1.95. The highest BCUT2D eigenvalue weighted by atomic mass is 32.2. The van der Waals surface area contributed by atoms with Crippen molar-refractivity contribution in [1.29, 1.82) is 0 Å². The molecule has 0 spiro atoms. The maximum atomic E-state index is 12.6. The Bertz CT molecular complexity index is 1120. The molecule has 0 saturated carbocycles. The average molecular weight is 399 g/mol. The highest BCUT2D eigenvalue weighted by molar-refractivity contribution is 7.99. The molecule has 0 amide bonds. The number of ketones is 1. The lowest BCUT2D eigenvalue weighted by atomic mass is 9.94. The molecule has 0 atom stereocenters. The van der Waals surface area contributed by atoms with E-state index in [2.05, 4.69) is 18.2 Å². The van der Waals surface area contributed by atoms with Crippen molar-refractivity contribution in [2.75, 3.05) is 12.0 Å². The smallest absolute Gasteiger partial charge is 0.172 e. The Kier molecular flexibility index (Phi) is 5.97. The van der Waals surface area contributed by atoms with Crippen LogP contribution in [0.5, 0.6) is 5.75 Å². The molecule has 0 unspecified atom stereocenters. The van der Waals surface area contributed by atoms with E-state index in [1.54, 1.807) is 11.8 Å². The monoisotopic (exact) mass is 398 g/mol. The summed E-state index contributed by atoms with van der Waals surface area (Å²) in [4.78, 5) is 12.6. The van der Waals surface area contributed by atoms with Gasteiger partial charge >= 0.3 is 0 Å². The molecule has 3 heteroatoms. The number of hydrogen-bond acceptors (Lipinski definition) is 3. The van der Waals surface area contributed by atoms with Gasteiger partial charge in [0.2, 0.25) is 0 Å². The summed E-state index contributed by atoms with van der Waals surface area (Å²) in [7, 11) is 0. The fraction of sp³-hybridized carbons (Fsp3) is 0.115. The van der Waals surface area contributed by atoms with Crippen molar-refractivity contribution in [2.45, 2.75) is 6.61 Å². The van der Waals surface area contributed by atoms with E-state index < -0.39 is 0 Å². The highest BCUT2D eigenvalue weighted by Crippen LogP contribution is 2.33. The van der Waals surface area contributed by atoms with Crippen LogP contribution in [0.25, 0.3) is 21.9 Å². The summed E-state index contributed by atoms with van der Waals surface area (Å²) >= 11 is 1.55. The van der Waals surface area contributed by atoms with E-state index in [4.69, 9.17) is 4.74 Å². The van der Waals surface area contributed by atoms with Crippen LogP contribution in [0.3, 0.4) is 0 Å². The largest absolute Gasteiger partial charge is 0.489 e.